The van der Waals surface area contributed by atoms with E-state index in [-0.39, 0.29) is 11.8 Å². The lowest BCUT2D eigenvalue weighted by Crippen LogP contribution is -2.05. The number of aromatic nitrogens is 2. The number of rotatable bonds is 4. The van der Waals surface area contributed by atoms with Gasteiger partial charge in [-0.1, -0.05) is 0 Å². The molecule has 0 amide bonds. The van der Waals surface area contributed by atoms with Gasteiger partial charge in [0.15, 0.2) is 0 Å². The second-order valence-electron chi connectivity index (χ2n) is 4.15. The molecular formula is C13H15FN2O2. The molecule has 18 heavy (non-hydrogen) atoms. The van der Waals surface area contributed by atoms with Gasteiger partial charge < -0.3 is 4.74 Å². The third-order valence-corrected chi connectivity index (χ3v) is 2.88. The molecule has 0 saturated heterocycles. The van der Waals surface area contributed by atoms with Gasteiger partial charge in [-0.3, -0.25) is 9.48 Å². The van der Waals surface area contributed by atoms with Crippen LogP contribution >= 0.6 is 0 Å². The third kappa shape index (κ3) is 2.50. The lowest BCUT2D eigenvalue weighted by atomic mass is 10.2. The average Bonchev–Trinajstić information content (AvgIpc) is 2.66. The molecule has 0 atom stereocenters. The molecule has 0 N–H and O–H groups in total. The topological polar surface area (TPSA) is 44.1 Å². The summed E-state index contributed by atoms with van der Waals surface area (Å²) in [7, 11) is 1.37. The van der Waals surface area contributed by atoms with E-state index in [2.05, 4.69) is 9.84 Å². The Morgan fingerprint density at radius 2 is 2.28 bits per heavy atom. The van der Waals surface area contributed by atoms with Crippen LogP contribution in [0.4, 0.5) is 4.39 Å². The predicted octanol–water partition coefficient (Wildman–Crippen LogP) is 2.44. The zero-order chi connectivity index (χ0) is 13.1. The van der Waals surface area contributed by atoms with E-state index in [0.717, 1.165) is 16.6 Å². The Kier molecular flexibility index (Phi) is 3.60. The second kappa shape index (κ2) is 5.16. The van der Waals surface area contributed by atoms with Crippen LogP contribution in [-0.4, -0.2) is 22.9 Å². The Hall–Kier alpha value is -1.91. The number of aryl methyl sites for hydroxylation is 2. The number of halogens is 1. The Balaban J connectivity index is 2.16. The zero-order valence-corrected chi connectivity index (χ0v) is 10.4. The third-order valence-electron chi connectivity index (χ3n) is 2.88. The lowest BCUT2D eigenvalue weighted by molar-refractivity contribution is -0.140. The number of nitrogens with zero attached hydrogens (tertiary/aromatic N) is 2. The molecule has 0 radical (unpaired) electrons. The van der Waals surface area contributed by atoms with Crippen molar-refractivity contribution in [3.8, 4) is 0 Å². The minimum Gasteiger partial charge on any atom is -0.469 e. The second-order valence-corrected chi connectivity index (χ2v) is 4.15. The number of methoxy groups -OCH3 is 1. The fraction of sp³-hybridized carbons (Fsp3) is 0.385. The number of carbonyl (C=O) groups is 1. The van der Waals surface area contributed by atoms with E-state index in [4.69, 9.17) is 0 Å². The highest BCUT2D eigenvalue weighted by atomic mass is 19.1. The number of hydrogen-bond acceptors (Lipinski definition) is 3. The SMILES string of the molecule is COC(=O)CCCn1nc(C)c2cc(F)ccc21. The van der Waals surface area contributed by atoms with E-state index in [9.17, 15) is 9.18 Å². The average molecular weight is 250 g/mol. The Labute approximate surface area is 104 Å². The van der Waals surface area contributed by atoms with Crippen molar-refractivity contribution in [2.75, 3.05) is 7.11 Å². The largest absolute Gasteiger partial charge is 0.469 e. The van der Waals surface area contributed by atoms with Crippen LogP contribution in [0.5, 0.6) is 0 Å². The molecule has 2 aromatic rings. The molecule has 0 spiro atoms. The highest BCUT2D eigenvalue weighted by molar-refractivity contribution is 5.81. The first-order valence-corrected chi connectivity index (χ1v) is 5.81. The molecule has 5 heteroatoms. The highest BCUT2D eigenvalue weighted by Crippen LogP contribution is 2.19. The molecule has 0 fully saturated rings. The fourth-order valence-electron chi connectivity index (χ4n) is 1.96. The van der Waals surface area contributed by atoms with Gasteiger partial charge in [-0.05, 0) is 31.5 Å². The Morgan fingerprint density at radius 1 is 1.50 bits per heavy atom. The molecule has 0 aliphatic carbocycles. The van der Waals surface area contributed by atoms with E-state index in [1.54, 1.807) is 10.7 Å². The van der Waals surface area contributed by atoms with E-state index in [1.807, 2.05) is 6.92 Å². The van der Waals surface area contributed by atoms with Crippen LogP contribution in [0.25, 0.3) is 10.9 Å². The minimum absolute atomic E-state index is 0.228. The van der Waals surface area contributed by atoms with Gasteiger partial charge in [0.05, 0.1) is 18.3 Å². The summed E-state index contributed by atoms with van der Waals surface area (Å²) in [5.74, 6) is -0.492. The number of fused-ring (bicyclic) bond motifs is 1. The smallest absolute Gasteiger partial charge is 0.305 e. The quantitative estimate of drug-likeness (QED) is 0.783. The van der Waals surface area contributed by atoms with Crippen LogP contribution in [0, 0.1) is 12.7 Å². The number of ether oxygens (including phenoxy) is 1. The number of benzene rings is 1. The summed E-state index contributed by atoms with van der Waals surface area (Å²) < 4.78 is 19.5. The first kappa shape index (κ1) is 12.5. The Morgan fingerprint density at radius 3 is 3.00 bits per heavy atom. The molecule has 0 aliphatic rings. The molecule has 0 saturated carbocycles. The van der Waals surface area contributed by atoms with Gasteiger partial charge in [-0.2, -0.15) is 5.10 Å². The summed E-state index contributed by atoms with van der Waals surface area (Å²) in [6, 6.07) is 4.61. The molecule has 1 aromatic heterocycles. The van der Waals surface area contributed by atoms with E-state index >= 15 is 0 Å². The van der Waals surface area contributed by atoms with Crippen LogP contribution in [0.15, 0.2) is 18.2 Å². The number of hydrogen-bond donors (Lipinski definition) is 0. The molecular weight excluding hydrogens is 235 g/mol. The van der Waals surface area contributed by atoms with Gasteiger partial charge in [0, 0.05) is 18.4 Å². The van der Waals surface area contributed by atoms with Gasteiger partial charge in [0.2, 0.25) is 0 Å². The number of carbonyl (C=O) groups excluding carboxylic acids is 1. The normalized spacial score (nSPS) is 10.8. The summed E-state index contributed by atoms with van der Waals surface area (Å²) in [6.07, 6.45) is 1.01. The van der Waals surface area contributed by atoms with Crippen molar-refractivity contribution < 1.29 is 13.9 Å². The van der Waals surface area contributed by atoms with Gasteiger partial charge in [-0.25, -0.2) is 4.39 Å². The summed E-state index contributed by atoms with van der Waals surface area (Å²) in [5, 5.41) is 5.16. The first-order valence-electron chi connectivity index (χ1n) is 5.81. The van der Waals surface area contributed by atoms with Crippen molar-refractivity contribution in [2.24, 2.45) is 0 Å². The van der Waals surface area contributed by atoms with Crippen molar-refractivity contribution in [3.05, 3.63) is 29.7 Å². The molecule has 0 unspecified atom stereocenters. The summed E-state index contributed by atoms with van der Waals surface area (Å²) in [5.41, 5.74) is 1.68. The van der Waals surface area contributed by atoms with Crippen molar-refractivity contribution in [3.63, 3.8) is 0 Å². The van der Waals surface area contributed by atoms with Gasteiger partial charge in [0.25, 0.3) is 0 Å². The van der Waals surface area contributed by atoms with E-state index in [0.29, 0.717) is 19.4 Å². The standard InChI is InChI=1S/C13H15FN2O2/c1-9-11-8-10(14)5-6-12(11)16(15-9)7-3-4-13(17)18-2/h5-6,8H,3-4,7H2,1-2H3. The van der Waals surface area contributed by atoms with Crippen LogP contribution in [0.2, 0.25) is 0 Å². The van der Waals surface area contributed by atoms with Crippen molar-refractivity contribution >= 4 is 16.9 Å². The molecule has 96 valence electrons. The monoisotopic (exact) mass is 250 g/mol. The molecule has 1 aromatic carbocycles. The minimum atomic E-state index is -0.264. The molecule has 2 rings (SSSR count). The van der Waals surface area contributed by atoms with E-state index in [1.165, 1.54) is 19.2 Å². The molecule has 1 heterocycles. The summed E-state index contributed by atoms with van der Waals surface area (Å²) in [6.45, 7) is 2.46. The van der Waals surface area contributed by atoms with Gasteiger partial charge in [0.1, 0.15) is 5.82 Å². The van der Waals surface area contributed by atoms with Crippen LogP contribution in [-0.2, 0) is 16.1 Å². The van der Waals surface area contributed by atoms with Crippen molar-refractivity contribution in [1.29, 1.82) is 0 Å². The molecule has 4 nitrogen and oxygen atoms in total. The predicted molar refractivity (Wildman–Crippen MR) is 65.7 cm³/mol. The molecule has 0 aliphatic heterocycles. The van der Waals surface area contributed by atoms with Crippen molar-refractivity contribution in [1.82, 2.24) is 9.78 Å². The maximum absolute atomic E-state index is 13.1. The van der Waals surface area contributed by atoms with Gasteiger partial charge in [-0.15, -0.1) is 0 Å². The van der Waals surface area contributed by atoms with Gasteiger partial charge >= 0.3 is 5.97 Å². The van der Waals surface area contributed by atoms with Crippen LogP contribution in [0.3, 0.4) is 0 Å². The fourth-order valence-corrected chi connectivity index (χ4v) is 1.96. The summed E-state index contributed by atoms with van der Waals surface area (Å²) >= 11 is 0. The number of esters is 1. The zero-order valence-electron chi connectivity index (χ0n) is 10.4. The van der Waals surface area contributed by atoms with Crippen molar-refractivity contribution in [2.45, 2.75) is 26.3 Å². The summed E-state index contributed by atoms with van der Waals surface area (Å²) in [4.78, 5) is 11.0. The maximum atomic E-state index is 13.1. The molecule has 0 bridgehead atoms. The Bertz CT molecular complexity index is 578. The first-order chi connectivity index (χ1) is 8.61. The maximum Gasteiger partial charge on any atom is 0.305 e. The van der Waals surface area contributed by atoms with E-state index < -0.39 is 0 Å². The van der Waals surface area contributed by atoms with Crippen LogP contribution < -0.4 is 0 Å². The highest BCUT2D eigenvalue weighted by Gasteiger charge is 2.08. The van der Waals surface area contributed by atoms with Crippen LogP contribution in [0.1, 0.15) is 18.5 Å². The lowest BCUT2D eigenvalue weighted by Gasteiger charge is -2.02.